The van der Waals surface area contributed by atoms with Crippen molar-refractivity contribution in [2.45, 2.75) is 0 Å². The molecule has 0 spiro atoms. The average molecular weight is 1370 g/mol. The van der Waals surface area contributed by atoms with Crippen LogP contribution in [0.3, 0.4) is 0 Å². The summed E-state index contributed by atoms with van der Waals surface area (Å²) in [6, 6.07) is 102. The summed E-state index contributed by atoms with van der Waals surface area (Å²) in [5.41, 5.74) is 21.1. The molecule has 0 aliphatic rings. The molecule has 0 saturated carbocycles. The van der Waals surface area contributed by atoms with Crippen molar-refractivity contribution in [3.63, 3.8) is 0 Å². The maximum absolute atomic E-state index is 5.16. The number of thiophene rings is 3. The minimum Gasteiger partial charge on any atom is -0.291 e. The quantitative estimate of drug-likeness (QED) is 0.163. The van der Waals surface area contributed by atoms with Gasteiger partial charge in [-0.3, -0.25) is 13.2 Å². The molecule has 0 aliphatic carbocycles. The van der Waals surface area contributed by atoms with Crippen LogP contribution in [0.4, 0.5) is 0 Å². The molecule has 0 unspecified atom stereocenters. The molecule has 104 heavy (non-hydrogen) atoms. The molecule has 12 heteroatoms. The van der Waals surface area contributed by atoms with Gasteiger partial charge in [-0.1, -0.05) is 194 Å². The molecule has 9 nitrogen and oxygen atoms in total. The molecule has 0 fully saturated rings. The third-order valence-corrected chi connectivity index (χ3v) is 25.5. The van der Waals surface area contributed by atoms with E-state index >= 15 is 0 Å². The third kappa shape index (κ3) is 7.39. The van der Waals surface area contributed by atoms with Gasteiger partial charge in [0, 0.05) is 104 Å². The summed E-state index contributed by atoms with van der Waals surface area (Å²) in [6.07, 6.45) is 0. The Morgan fingerprint density at radius 1 is 0.212 bits per heavy atom. The number of nitrogens with zero attached hydrogens (tertiary/aromatic N) is 9. The van der Waals surface area contributed by atoms with Crippen LogP contribution in [-0.2, 0) is 0 Å². The van der Waals surface area contributed by atoms with E-state index in [-0.39, 0.29) is 0 Å². The van der Waals surface area contributed by atoms with E-state index in [2.05, 4.69) is 250 Å². The highest BCUT2D eigenvalue weighted by atomic mass is 32.1. The molecule has 12 aromatic heterocycles. The molecule has 12 heterocycles. The fourth-order valence-electron chi connectivity index (χ4n) is 17.7. The van der Waals surface area contributed by atoms with Crippen LogP contribution in [-0.4, -0.2) is 43.1 Å². The Morgan fingerprint density at radius 2 is 0.712 bits per heavy atom. The molecule has 478 valence electrons. The Bertz CT molecular complexity index is 8450. The van der Waals surface area contributed by atoms with E-state index in [1.807, 2.05) is 82.5 Å². The standard InChI is InChI=1S/C32H17N3S.2C30H15N3S/c1-2-7-18(8-3-1)19-13-14-20-23-16-15-22-21-9-6-10-24-28-32(34-26-12-5-4-11-25(26)33-28)35(29(21)24)30(22)31(23)36-27(20)17-19;1-2-8-17-16(7-1)13-21-28-30(32-23-11-5-4-10-22(23)31-28)33-24-15-26-19(14-20(24)27(17)29(21)33)18-9-3-6-12-25(18)34-26;1-2-8-17-16(7-1)15-19-25-22(13-14-24-26(25)18-9-3-6-12-23(18)34-24)33-29(19)27(17)28-30(33)32-21-11-5-4-10-20(21)31-28/h1-17H;2*1-15H. The van der Waals surface area contributed by atoms with Crippen LogP contribution in [0.2, 0.25) is 0 Å². The largest absolute Gasteiger partial charge is 0.291 e. The van der Waals surface area contributed by atoms with E-state index < -0.39 is 0 Å². The Kier molecular flexibility index (Phi) is 10.9. The van der Waals surface area contributed by atoms with E-state index in [0.29, 0.717) is 0 Å². The van der Waals surface area contributed by atoms with Gasteiger partial charge >= 0.3 is 0 Å². The van der Waals surface area contributed by atoms with Gasteiger partial charge in [-0.2, -0.15) is 0 Å². The van der Waals surface area contributed by atoms with Gasteiger partial charge in [0.25, 0.3) is 0 Å². The van der Waals surface area contributed by atoms with Crippen LogP contribution in [0.25, 0.3) is 241 Å². The summed E-state index contributed by atoms with van der Waals surface area (Å²) < 4.78 is 15.0. The molecule has 0 aliphatic heterocycles. The topological polar surface area (TPSA) is 90.6 Å². The van der Waals surface area contributed by atoms with Gasteiger partial charge in [0.15, 0.2) is 16.9 Å². The predicted molar refractivity (Wildman–Crippen MR) is 442 cm³/mol. The minimum absolute atomic E-state index is 0.926. The molecule has 0 bridgehead atoms. The SMILES string of the molecule is c1ccc(-c2ccc3c(c2)sc2c3ccc3c4cccc5c6nc7ccccc7nc6n(c45)c32)cc1.c1ccc2c(c1)cc1c3c4c(ccc3n3c5nc6ccccc6nc5c2c13)sc1ccccc14.c1ccc2c(c1)cc1c3nc4ccccc4nc3n3c4cc5sc6ccccc6c5cc4c2c13. The van der Waals surface area contributed by atoms with Crippen LogP contribution in [0.15, 0.2) is 285 Å². The lowest BCUT2D eigenvalue weighted by atomic mass is 10.00. The fraction of sp³-hybridized carbons (Fsp3) is 0. The van der Waals surface area contributed by atoms with Crippen LogP contribution in [0.5, 0.6) is 0 Å². The van der Waals surface area contributed by atoms with Crippen molar-refractivity contribution in [2.24, 2.45) is 0 Å². The van der Waals surface area contributed by atoms with Gasteiger partial charge in [0.1, 0.15) is 16.6 Å². The second-order valence-corrected chi connectivity index (χ2v) is 30.7. The lowest BCUT2D eigenvalue weighted by molar-refractivity contribution is 1.28. The molecule has 15 aromatic carbocycles. The predicted octanol–water partition coefficient (Wildman–Crippen LogP) is 25.4. The Hall–Kier alpha value is -13.1. The van der Waals surface area contributed by atoms with Gasteiger partial charge in [-0.05, 0) is 124 Å². The first-order valence-corrected chi connectivity index (χ1v) is 37.4. The van der Waals surface area contributed by atoms with Crippen molar-refractivity contribution in [1.82, 2.24) is 43.1 Å². The molecular formula is C92H47N9S3. The van der Waals surface area contributed by atoms with Crippen molar-refractivity contribution < 1.29 is 0 Å². The molecule has 0 radical (unpaired) electrons. The Labute approximate surface area is 599 Å². The highest BCUT2D eigenvalue weighted by Gasteiger charge is 2.28. The lowest BCUT2D eigenvalue weighted by Crippen LogP contribution is -1.89. The number of fused-ring (bicyclic) bond motifs is 36. The zero-order valence-corrected chi connectivity index (χ0v) is 57.3. The number of para-hydroxylation sites is 7. The smallest absolute Gasteiger partial charge is 0.165 e. The zero-order valence-electron chi connectivity index (χ0n) is 54.9. The number of hydrogen-bond acceptors (Lipinski definition) is 9. The van der Waals surface area contributed by atoms with Gasteiger partial charge in [-0.25, -0.2) is 29.9 Å². The fourth-order valence-corrected chi connectivity index (χ4v) is 21.2. The second-order valence-electron chi connectivity index (χ2n) is 27.5. The molecular weight excluding hydrogens is 1330 g/mol. The maximum atomic E-state index is 5.16. The summed E-state index contributed by atoms with van der Waals surface area (Å²) in [7, 11) is 0. The first-order valence-electron chi connectivity index (χ1n) is 35.0. The molecule has 0 atom stereocenters. The molecule has 0 amide bonds. The number of aromatic nitrogens is 9. The number of rotatable bonds is 1. The van der Waals surface area contributed by atoms with E-state index in [9.17, 15) is 0 Å². The first kappa shape index (κ1) is 55.6. The lowest BCUT2D eigenvalue weighted by Gasteiger charge is -2.03. The molecule has 0 saturated heterocycles. The van der Waals surface area contributed by atoms with E-state index in [1.165, 1.54) is 169 Å². The molecule has 27 rings (SSSR count). The number of benzene rings is 15. The Balaban J connectivity index is 0.0000000909. The average Bonchev–Trinajstić information content (AvgIpc) is 1.53. The van der Waals surface area contributed by atoms with Gasteiger partial charge in [-0.15, -0.1) is 34.0 Å². The van der Waals surface area contributed by atoms with Crippen molar-refractivity contribution in [3.8, 4) is 11.1 Å². The highest BCUT2D eigenvalue weighted by Crippen LogP contribution is 2.51. The minimum atomic E-state index is 0.926. The van der Waals surface area contributed by atoms with Crippen molar-refractivity contribution in [1.29, 1.82) is 0 Å². The summed E-state index contributed by atoms with van der Waals surface area (Å²) in [5.74, 6) is 0. The van der Waals surface area contributed by atoms with Gasteiger partial charge in [0.05, 0.1) is 70.9 Å². The summed E-state index contributed by atoms with van der Waals surface area (Å²) in [5, 5.41) is 24.2. The molecule has 0 N–H and O–H groups in total. The summed E-state index contributed by atoms with van der Waals surface area (Å²) >= 11 is 5.61. The van der Waals surface area contributed by atoms with Crippen LogP contribution < -0.4 is 0 Å². The zero-order chi connectivity index (χ0) is 67.3. The van der Waals surface area contributed by atoms with Crippen molar-refractivity contribution in [2.75, 3.05) is 0 Å². The monoisotopic (exact) mass is 1370 g/mol. The third-order valence-electron chi connectivity index (χ3n) is 22.1. The van der Waals surface area contributed by atoms with Crippen molar-refractivity contribution in [3.05, 3.63) is 285 Å². The van der Waals surface area contributed by atoms with E-state index in [0.717, 1.165) is 72.0 Å². The van der Waals surface area contributed by atoms with Gasteiger partial charge < -0.3 is 0 Å². The summed E-state index contributed by atoms with van der Waals surface area (Å²) in [4.78, 5) is 30.7. The maximum Gasteiger partial charge on any atom is 0.165 e. The molecule has 27 aromatic rings. The number of hydrogen-bond donors (Lipinski definition) is 0. The van der Waals surface area contributed by atoms with E-state index in [4.69, 9.17) is 29.9 Å². The van der Waals surface area contributed by atoms with Crippen LogP contribution in [0, 0.1) is 0 Å². The summed E-state index contributed by atoms with van der Waals surface area (Å²) in [6.45, 7) is 0. The highest BCUT2D eigenvalue weighted by molar-refractivity contribution is 7.27. The first-order chi connectivity index (χ1) is 51.6. The second kappa shape index (κ2) is 20.3. The van der Waals surface area contributed by atoms with E-state index in [1.54, 1.807) is 0 Å². The van der Waals surface area contributed by atoms with Crippen LogP contribution >= 0.6 is 34.0 Å². The van der Waals surface area contributed by atoms with Gasteiger partial charge in [0.2, 0.25) is 0 Å². The van der Waals surface area contributed by atoms with Crippen molar-refractivity contribution >= 4 is 264 Å². The van der Waals surface area contributed by atoms with Crippen LogP contribution in [0.1, 0.15) is 0 Å². The Morgan fingerprint density at radius 3 is 1.44 bits per heavy atom. The normalized spacial score (nSPS) is 12.6.